The smallest absolute Gasteiger partial charge is 0.326 e. The summed E-state index contributed by atoms with van der Waals surface area (Å²) < 4.78 is 5.05. The minimum atomic E-state index is -1.19. The number of nitrogens with one attached hydrogen (secondary N) is 2. The monoisotopic (exact) mass is 422 g/mol. The molecule has 1 aliphatic rings. The van der Waals surface area contributed by atoms with Crippen molar-refractivity contribution in [2.75, 3.05) is 23.4 Å². The van der Waals surface area contributed by atoms with E-state index in [9.17, 15) is 14.4 Å². The number of benzene rings is 2. The summed E-state index contributed by atoms with van der Waals surface area (Å²) in [6, 6.07) is 12.3. The van der Waals surface area contributed by atoms with Crippen LogP contribution in [0.1, 0.15) is 30.5 Å². The molecule has 0 aromatic heterocycles. The number of nitrogens with zero attached hydrogens (tertiary/aromatic N) is 2. The minimum absolute atomic E-state index is 0.206. The fraction of sp³-hybridized carbons (Fsp3) is 0.304. The largest absolute Gasteiger partial charge is 0.465 e. The molecule has 0 saturated heterocycles. The molecule has 1 heterocycles. The third-order valence-corrected chi connectivity index (χ3v) is 4.86. The number of hydrogen-bond donors (Lipinski definition) is 2. The van der Waals surface area contributed by atoms with Crippen molar-refractivity contribution >= 4 is 35.0 Å². The number of carbonyl (C=O) groups excluding carboxylic acids is 3. The zero-order valence-corrected chi connectivity index (χ0v) is 18.1. The number of ether oxygens (including phenoxy) is 1. The lowest BCUT2D eigenvalue weighted by molar-refractivity contribution is -0.142. The maximum atomic E-state index is 13.4. The van der Waals surface area contributed by atoms with Crippen LogP contribution in [-0.4, -0.2) is 42.9 Å². The Bertz CT molecular complexity index is 1050. The van der Waals surface area contributed by atoms with Gasteiger partial charge in [0.2, 0.25) is 6.17 Å². The average molecular weight is 422 g/mol. The molecule has 1 aliphatic heterocycles. The Morgan fingerprint density at radius 1 is 1.13 bits per heavy atom. The Balaban J connectivity index is 1.90. The lowest BCUT2D eigenvalue weighted by Gasteiger charge is -2.26. The van der Waals surface area contributed by atoms with Crippen molar-refractivity contribution in [3.63, 3.8) is 0 Å². The maximum absolute atomic E-state index is 13.4. The van der Waals surface area contributed by atoms with E-state index < -0.39 is 24.1 Å². The van der Waals surface area contributed by atoms with Gasteiger partial charge in [0.05, 0.1) is 12.3 Å². The van der Waals surface area contributed by atoms with E-state index in [0.29, 0.717) is 17.1 Å². The van der Waals surface area contributed by atoms with E-state index in [4.69, 9.17) is 4.74 Å². The summed E-state index contributed by atoms with van der Waals surface area (Å²) in [5, 5.41) is 5.33. The highest BCUT2D eigenvalue weighted by molar-refractivity contribution is 6.14. The second kappa shape index (κ2) is 9.42. The number of amides is 3. The van der Waals surface area contributed by atoms with Gasteiger partial charge in [-0.15, -0.1) is 0 Å². The zero-order valence-electron chi connectivity index (χ0n) is 18.1. The Morgan fingerprint density at radius 2 is 1.87 bits per heavy atom. The molecular weight excluding hydrogens is 396 g/mol. The van der Waals surface area contributed by atoms with Crippen molar-refractivity contribution in [2.24, 2.45) is 4.99 Å². The first-order valence-electron chi connectivity index (χ1n) is 10.1. The minimum Gasteiger partial charge on any atom is -0.465 e. The van der Waals surface area contributed by atoms with Crippen LogP contribution in [0, 0.1) is 13.8 Å². The molecule has 2 aromatic carbocycles. The highest BCUT2D eigenvalue weighted by atomic mass is 16.5. The molecule has 0 saturated carbocycles. The van der Waals surface area contributed by atoms with Gasteiger partial charge in [-0.1, -0.05) is 30.3 Å². The molecule has 0 radical (unpaired) electrons. The molecule has 2 aromatic rings. The number of urea groups is 1. The third-order valence-electron chi connectivity index (χ3n) is 4.86. The summed E-state index contributed by atoms with van der Waals surface area (Å²) in [5.74, 6) is -1.05. The fourth-order valence-corrected chi connectivity index (χ4v) is 3.49. The van der Waals surface area contributed by atoms with Gasteiger partial charge in [0.15, 0.2) is 0 Å². The van der Waals surface area contributed by atoms with Gasteiger partial charge in [0.1, 0.15) is 6.54 Å². The van der Waals surface area contributed by atoms with Gasteiger partial charge < -0.3 is 15.4 Å². The number of anilines is 2. The SMILES string of the molecule is CCOC(=O)CN1C(=O)C(NC(=O)Nc2cccc(C)c2)N=C(C)c2cccc(C)c21. The van der Waals surface area contributed by atoms with Crippen molar-refractivity contribution in [1.82, 2.24) is 5.32 Å². The van der Waals surface area contributed by atoms with Gasteiger partial charge >= 0.3 is 12.0 Å². The maximum Gasteiger partial charge on any atom is 0.326 e. The van der Waals surface area contributed by atoms with Crippen LogP contribution in [0.25, 0.3) is 0 Å². The predicted molar refractivity (Wildman–Crippen MR) is 119 cm³/mol. The Kier molecular flexibility index (Phi) is 6.69. The number of hydrogen-bond acceptors (Lipinski definition) is 5. The summed E-state index contributed by atoms with van der Waals surface area (Å²) in [7, 11) is 0. The van der Waals surface area contributed by atoms with E-state index >= 15 is 0 Å². The fourth-order valence-electron chi connectivity index (χ4n) is 3.49. The first-order valence-corrected chi connectivity index (χ1v) is 10.1. The van der Waals surface area contributed by atoms with Gasteiger partial charge in [-0.25, -0.2) is 4.79 Å². The second-order valence-corrected chi connectivity index (χ2v) is 7.29. The average Bonchev–Trinajstić information content (AvgIpc) is 2.79. The molecule has 2 N–H and O–H groups in total. The summed E-state index contributed by atoms with van der Waals surface area (Å²) in [6.45, 7) is 7.18. The van der Waals surface area contributed by atoms with Crippen LogP contribution in [0.4, 0.5) is 16.2 Å². The summed E-state index contributed by atoms with van der Waals surface area (Å²) in [5.41, 5.74) is 4.30. The highest BCUT2D eigenvalue weighted by Crippen LogP contribution is 2.29. The molecule has 8 nitrogen and oxygen atoms in total. The molecule has 3 rings (SSSR count). The number of para-hydroxylation sites is 1. The van der Waals surface area contributed by atoms with E-state index in [1.165, 1.54) is 4.90 Å². The summed E-state index contributed by atoms with van der Waals surface area (Å²) >= 11 is 0. The number of benzodiazepines with no additional fused rings is 1. The highest BCUT2D eigenvalue weighted by Gasteiger charge is 2.34. The van der Waals surface area contributed by atoms with Gasteiger partial charge in [-0.2, -0.15) is 0 Å². The van der Waals surface area contributed by atoms with Crippen LogP contribution >= 0.6 is 0 Å². The van der Waals surface area contributed by atoms with Gasteiger partial charge in [-0.3, -0.25) is 19.5 Å². The molecule has 162 valence electrons. The van der Waals surface area contributed by atoms with Crippen molar-refractivity contribution < 1.29 is 19.1 Å². The summed E-state index contributed by atoms with van der Waals surface area (Å²) in [4.78, 5) is 43.9. The number of fused-ring (bicyclic) bond motifs is 1. The van der Waals surface area contributed by atoms with E-state index in [-0.39, 0.29) is 13.2 Å². The van der Waals surface area contributed by atoms with Gasteiger partial charge in [0, 0.05) is 17.0 Å². The molecule has 0 aliphatic carbocycles. The van der Waals surface area contributed by atoms with E-state index in [2.05, 4.69) is 15.6 Å². The quantitative estimate of drug-likeness (QED) is 0.723. The molecule has 8 heteroatoms. The van der Waals surface area contributed by atoms with Crippen LogP contribution in [0.5, 0.6) is 0 Å². The van der Waals surface area contributed by atoms with Crippen molar-refractivity contribution in [3.05, 3.63) is 59.2 Å². The van der Waals surface area contributed by atoms with Crippen LogP contribution in [-0.2, 0) is 14.3 Å². The third kappa shape index (κ3) is 5.09. The number of aliphatic imine (C=N–C) groups is 1. The molecule has 0 fully saturated rings. The number of carbonyl (C=O) groups is 3. The second-order valence-electron chi connectivity index (χ2n) is 7.29. The van der Waals surface area contributed by atoms with E-state index in [1.54, 1.807) is 19.9 Å². The van der Waals surface area contributed by atoms with Crippen LogP contribution in [0.3, 0.4) is 0 Å². The number of rotatable bonds is 5. The number of esters is 1. The molecule has 1 atom stereocenters. The van der Waals surface area contributed by atoms with Crippen molar-refractivity contribution in [1.29, 1.82) is 0 Å². The molecule has 0 bridgehead atoms. The van der Waals surface area contributed by atoms with Gasteiger partial charge in [0.25, 0.3) is 5.91 Å². The molecular formula is C23H26N4O4. The first kappa shape index (κ1) is 22.0. The van der Waals surface area contributed by atoms with Crippen LogP contribution in [0.2, 0.25) is 0 Å². The van der Waals surface area contributed by atoms with Crippen molar-refractivity contribution in [3.8, 4) is 0 Å². The first-order chi connectivity index (χ1) is 14.8. The topological polar surface area (TPSA) is 100 Å². The van der Waals surface area contributed by atoms with Crippen LogP contribution < -0.4 is 15.5 Å². The molecule has 0 spiro atoms. The number of aryl methyl sites for hydroxylation is 2. The standard InChI is InChI=1S/C23H26N4O4/c1-5-31-19(28)13-27-20-15(3)9-7-11-18(20)16(4)24-21(22(27)29)26-23(30)25-17-10-6-8-14(2)12-17/h6-12,21H,5,13H2,1-4H3,(H2,25,26,30). The zero-order chi connectivity index (χ0) is 22.5. The van der Waals surface area contributed by atoms with Gasteiger partial charge in [-0.05, 0) is 51.0 Å². The summed E-state index contributed by atoms with van der Waals surface area (Å²) in [6.07, 6.45) is -1.19. The van der Waals surface area contributed by atoms with Crippen LogP contribution in [0.15, 0.2) is 47.5 Å². The van der Waals surface area contributed by atoms with E-state index in [1.807, 2.05) is 50.2 Å². The molecule has 1 unspecified atom stereocenters. The molecule has 31 heavy (non-hydrogen) atoms. The Hall–Kier alpha value is -3.68. The Labute approximate surface area is 181 Å². The lowest BCUT2D eigenvalue weighted by Crippen LogP contribution is -2.50. The molecule has 3 amide bonds. The predicted octanol–water partition coefficient (Wildman–Crippen LogP) is 3.17. The Morgan fingerprint density at radius 3 is 2.58 bits per heavy atom. The lowest BCUT2D eigenvalue weighted by atomic mass is 10.0. The van der Waals surface area contributed by atoms with Crippen molar-refractivity contribution in [2.45, 2.75) is 33.9 Å². The van der Waals surface area contributed by atoms with E-state index in [0.717, 1.165) is 16.7 Å². The normalized spacial score (nSPS) is 15.5.